The van der Waals surface area contributed by atoms with Crippen molar-refractivity contribution < 1.29 is 13.6 Å². The Kier molecular flexibility index (Phi) is 4.56. The fraction of sp³-hybridized carbons (Fsp3) is 0.417. The Balaban J connectivity index is 1.96. The first-order valence-electron chi connectivity index (χ1n) is 6.14. The minimum Gasteiger partial charge on any atom is -0.349 e. The number of rotatable bonds is 5. The molecule has 0 aliphatic carbocycles. The first-order chi connectivity index (χ1) is 9.88. The molecule has 1 amide bonds. The van der Waals surface area contributed by atoms with Crippen LogP contribution in [0.4, 0.5) is 8.78 Å². The second-order valence-corrected chi connectivity index (χ2v) is 4.92. The zero-order valence-corrected chi connectivity index (χ0v) is 12.2. The van der Waals surface area contributed by atoms with E-state index in [9.17, 15) is 13.6 Å². The highest BCUT2D eigenvalue weighted by Gasteiger charge is 2.15. The summed E-state index contributed by atoms with van der Waals surface area (Å²) in [5.74, 6) is -0.348. The highest BCUT2D eigenvalue weighted by Crippen LogP contribution is 2.18. The molecule has 0 saturated carbocycles. The Hall–Kier alpha value is -1.96. The Morgan fingerprint density at radius 2 is 2.24 bits per heavy atom. The first-order valence-corrected chi connectivity index (χ1v) is 6.52. The number of hydrogen-bond acceptors (Lipinski definition) is 3. The van der Waals surface area contributed by atoms with Crippen molar-refractivity contribution in [2.45, 2.75) is 26.4 Å². The predicted molar refractivity (Wildman–Crippen MR) is 72.0 cm³/mol. The minimum atomic E-state index is -2.65. The number of alkyl halides is 2. The van der Waals surface area contributed by atoms with Crippen LogP contribution >= 0.6 is 11.6 Å². The highest BCUT2D eigenvalue weighted by molar-refractivity contribution is 6.31. The van der Waals surface area contributed by atoms with Crippen molar-refractivity contribution in [2.24, 2.45) is 7.05 Å². The lowest BCUT2D eigenvalue weighted by Gasteiger charge is -2.07. The van der Waals surface area contributed by atoms with Crippen LogP contribution in [0, 0.1) is 6.92 Å². The second kappa shape index (κ2) is 6.21. The third-order valence-corrected chi connectivity index (χ3v) is 3.30. The third-order valence-electron chi connectivity index (χ3n) is 2.98. The van der Waals surface area contributed by atoms with E-state index in [0.717, 1.165) is 0 Å². The maximum atomic E-state index is 12.5. The molecule has 0 unspecified atom stereocenters. The maximum absolute atomic E-state index is 12.5. The van der Waals surface area contributed by atoms with Gasteiger partial charge < -0.3 is 5.32 Å². The molecule has 0 saturated heterocycles. The summed E-state index contributed by atoms with van der Waals surface area (Å²) in [7, 11) is 1.71. The van der Waals surface area contributed by atoms with Crippen LogP contribution in [0.3, 0.4) is 0 Å². The summed E-state index contributed by atoms with van der Waals surface area (Å²) in [6.45, 7) is 1.69. The fourth-order valence-electron chi connectivity index (χ4n) is 1.81. The van der Waals surface area contributed by atoms with Crippen LogP contribution in [0.25, 0.3) is 0 Å². The van der Waals surface area contributed by atoms with Gasteiger partial charge in [0.25, 0.3) is 6.43 Å². The average molecular weight is 318 g/mol. The van der Waals surface area contributed by atoms with Gasteiger partial charge in [-0.2, -0.15) is 10.2 Å². The van der Waals surface area contributed by atoms with Gasteiger partial charge in [-0.1, -0.05) is 11.6 Å². The lowest BCUT2D eigenvalue weighted by atomic mass is 10.4. The van der Waals surface area contributed by atoms with Crippen molar-refractivity contribution in [3.8, 4) is 0 Å². The molecule has 6 nitrogen and oxygen atoms in total. The Morgan fingerprint density at radius 3 is 2.76 bits per heavy atom. The van der Waals surface area contributed by atoms with Crippen LogP contribution in [0.1, 0.15) is 23.5 Å². The number of aromatic nitrogens is 4. The molecule has 0 bridgehead atoms. The molecule has 9 heteroatoms. The Bertz CT molecular complexity index is 633. The maximum Gasteiger partial charge on any atom is 0.282 e. The summed E-state index contributed by atoms with van der Waals surface area (Å²) < 4.78 is 27.8. The number of hydrogen-bond donors (Lipinski definition) is 1. The molecule has 2 heterocycles. The molecule has 1 N–H and O–H groups in total. The number of halogens is 3. The van der Waals surface area contributed by atoms with E-state index < -0.39 is 6.43 Å². The summed E-state index contributed by atoms with van der Waals surface area (Å²) in [6.07, 6.45) is -1.17. The fourth-order valence-corrected chi connectivity index (χ4v) is 2.04. The Morgan fingerprint density at radius 1 is 1.52 bits per heavy atom. The van der Waals surface area contributed by atoms with Crippen molar-refractivity contribution in [2.75, 3.05) is 0 Å². The lowest BCUT2D eigenvalue weighted by molar-refractivity contribution is -0.122. The topological polar surface area (TPSA) is 64.7 Å². The average Bonchev–Trinajstić information content (AvgIpc) is 2.92. The van der Waals surface area contributed by atoms with Crippen LogP contribution in [-0.2, 0) is 24.9 Å². The van der Waals surface area contributed by atoms with Gasteiger partial charge in [0, 0.05) is 12.7 Å². The predicted octanol–water partition coefficient (Wildman–Crippen LogP) is 1.83. The van der Waals surface area contributed by atoms with Crippen molar-refractivity contribution in [1.82, 2.24) is 24.9 Å². The molecule has 2 rings (SSSR count). The molecule has 0 aliphatic rings. The van der Waals surface area contributed by atoms with Gasteiger partial charge in [0.15, 0.2) is 0 Å². The standard InChI is InChI=1S/C12H14ClF2N5O/c1-7-3-9(12(14)15)18-20(7)6-11(21)16-5-10-8(13)4-17-19(10)2/h3-4,12H,5-6H2,1-2H3,(H,16,21). The van der Waals surface area contributed by atoms with E-state index in [1.54, 1.807) is 18.7 Å². The Labute approximate surface area is 124 Å². The summed E-state index contributed by atoms with van der Waals surface area (Å²) in [6, 6.07) is 1.26. The summed E-state index contributed by atoms with van der Waals surface area (Å²) in [5.41, 5.74) is 0.824. The molecule has 0 spiro atoms. The molecule has 2 aromatic heterocycles. The monoisotopic (exact) mass is 317 g/mol. The second-order valence-electron chi connectivity index (χ2n) is 4.51. The van der Waals surface area contributed by atoms with Gasteiger partial charge in [-0.25, -0.2) is 8.78 Å². The largest absolute Gasteiger partial charge is 0.349 e. The van der Waals surface area contributed by atoms with Crippen LogP contribution < -0.4 is 5.32 Å². The third kappa shape index (κ3) is 3.57. The molecule has 0 aromatic carbocycles. The van der Waals surface area contributed by atoms with Gasteiger partial charge in [0.1, 0.15) is 12.2 Å². The van der Waals surface area contributed by atoms with Crippen molar-refractivity contribution in [3.05, 3.63) is 34.4 Å². The van der Waals surface area contributed by atoms with E-state index in [1.165, 1.54) is 16.9 Å². The van der Waals surface area contributed by atoms with Gasteiger partial charge in [-0.05, 0) is 13.0 Å². The summed E-state index contributed by atoms with van der Waals surface area (Å²) in [4.78, 5) is 11.8. The van der Waals surface area contributed by atoms with E-state index in [2.05, 4.69) is 15.5 Å². The van der Waals surface area contributed by atoms with E-state index in [1.807, 2.05) is 0 Å². The molecular formula is C12H14ClF2N5O. The quantitative estimate of drug-likeness (QED) is 0.915. The van der Waals surface area contributed by atoms with Gasteiger partial charge in [-0.15, -0.1) is 0 Å². The van der Waals surface area contributed by atoms with E-state index in [0.29, 0.717) is 16.4 Å². The van der Waals surface area contributed by atoms with Crippen LogP contribution in [0.2, 0.25) is 5.02 Å². The number of amides is 1. The van der Waals surface area contributed by atoms with E-state index >= 15 is 0 Å². The number of carbonyl (C=O) groups excluding carboxylic acids is 1. The van der Waals surface area contributed by atoms with Crippen LogP contribution in [-0.4, -0.2) is 25.5 Å². The zero-order valence-electron chi connectivity index (χ0n) is 11.5. The molecule has 0 atom stereocenters. The van der Waals surface area contributed by atoms with Gasteiger partial charge in [0.2, 0.25) is 5.91 Å². The molecular weight excluding hydrogens is 304 g/mol. The normalized spacial score (nSPS) is 11.1. The highest BCUT2D eigenvalue weighted by atomic mass is 35.5. The molecule has 0 radical (unpaired) electrons. The van der Waals surface area contributed by atoms with Crippen molar-refractivity contribution >= 4 is 17.5 Å². The molecule has 2 aromatic rings. The number of nitrogens with one attached hydrogen (secondary N) is 1. The molecule has 0 fully saturated rings. The summed E-state index contributed by atoms with van der Waals surface area (Å²) in [5, 5.41) is 10.7. The molecule has 114 valence electrons. The van der Waals surface area contributed by atoms with Gasteiger partial charge >= 0.3 is 0 Å². The lowest BCUT2D eigenvalue weighted by Crippen LogP contribution is -2.28. The summed E-state index contributed by atoms with van der Waals surface area (Å²) >= 11 is 5.92. The van der Waals surface area contributed by atoms with Gasteiger partial charge in [0.05, 0.1) is 23.5 Å². The molecule has 21 heavy (non-hydrogen) atoms. The number of nitrogens with zero attached hydrogens (tertiary/aromatic N) is 4. The van der Waals surface area contributed by atoms with E-state index in [4.69, 9.17) is 11.6 Å². The smallest absolute Gasteiger partial charge is 0.282 e. The first kappa shape index (κ1) is 15.4. The van der Waals surface area contributed by atoms with E-state index in [-0.39, 0.29) is 24.7 Å². The van der Waals surface area contributed by atoms with Crippen molar-refractivity contribution in [1.29, 1.82) is 0 Å². The minimum absolute atomic E-state index is 0.131. The zero-order chi connectivity index (χ0) is 15.6. The van der Waals surface area contributed by atoms with Crippen LogP contribution in [0.15, 0.2) is 12.3 Å². The SMILES string of the molecule is Cc1cc(C(F)F)nn1CC(=O)NCc1c(Cl)cnn1C. The van der Waals surface area contributed by atoms with Gasteiger partial charge in [-0.3, -0.25) is 14.2 Å². The molecule has 0 aliphatic heterocycles. The number of carbonyl (C=O) groups is 1. The van der Waals surface area contributed by atoms with Crippen LogP contribution in [0.5, 0.6) is 0 Å². The number of aryl methyl sites for hydroxylation is 2. The van der Waals surface area contributed by atoms with Crippen molar-refractivity contribution in [3.63, 3.8) is 0 Å².